The molecule has 3 atom stereocenters. The minimum Gasteiger partial charge on any atom is -0.479 e. The van der Waals surface area contributed by atoms with E-state index >= 15 is 0 Å². The van der Waals surface area contributed by atoms with Gasteiger partial charge in [0, 0.05) is 6.04 Å². The molecule has 4 nitrogen and oxygen atoms in total. The lowest BCUT2D eigenvalue weighted by atomic mass is 9.92. The summed E-state index contributed by atoms with van der Waals surface area (Å²) in [5, 5.41) is 11.9. The van der Waals surface area contributed by atoms with E-state index in [4.69, 9.17) is 9.84 Å². The Hall–Kier alpha value is -0.610. The number of nitrogens with one attached hydrogen (secondary N) is 1. The first kappa shape index (κ1) is 11.5. The van der Waals surface area contributed by atoms with E-state index in [-0.39, 0.29) is 6.10 Å². The summed E-state index contributed by atoms with van der Waals surface area (Å²) in [5.74, 6) is -0.884. The highest BCUT2D eigenvalue weighted by Crippen LogP contribution is 2.22. The van der Waals surface area contributed by atoms with Crippen molar-refractivity contribution in [1.82, 2.24) is 5.32 Å². The smallest absolute Gasteiger partial charge is 0.332 e. The van der Waals surface area contributed by atoms with Gasteiger partial charge in [0.15, 0.2) is 6.10 Å². The van der Waals surface area contributed by atoms with Crippen molar-refractivity contribution in [3.63, 3.8) is 0 Å². The number of hydrogen-bond donors (Lipinski definition) is 2. The van der Waals surface area contributed by atoms with Crippen LogP contribution in [0.25, 0.3) is 0 Å². The Labute approximate surface area is 84.6 Å². The first-order valence-corrected chi connectivity index (χ1v) is 5.20. The molecule has 1 fully saturated rings. The van der Waals surface area contributed by atoms with Crippen molar-refractivity contribution in [2.45, 2.75) is 50.9 Å². The maximum Gasteiger partial charge on any atom is 0.332 e. The van der Waals surface area contributed by atoms with Crippen LogP contribution in [-0.2, 0) is 9.53 Å². The van der Waals surface area contributed by atoms with E-state index < -0.39 is 12.1 Å². The molecule has 0 aromatic heterocycles. The monoisotopic (exact) mass is 201 g/mol. The maximum absolute atomic E-state index is 10.6. The number of aliphatic carboxylic acids is 1. The van der Waals surface area contributed by atoms with E-state index in [2.05, 4.69) is 5.32 Å². The van der Waals surface area contributed by atoms with Gasteiger partial charge in [-0.3, -0.25) is 0 Å². The molecular formula is C10H19NO3. The quantitative estimate of drug-likeness (QED) is 0.712. The Kier molecular flexibility index (Phi) is 4.35. The summed E-state index contributed by atoms with van der Waals surface area (Å²) in [6.45, 7) is 1.59. The van der Waals surface area contributed by atoms with Gasteiger partial charge in [0.25, 0.3) is 0 Å². The lowest BCUT2D eigenvalue weighted by Crippen LogP contribution is -2.44. The fourth-order valence-corrected chi connectivity index (χ4v) is 1.91. The summed E-state index contributed by atoms with van der Waals surface area (Å²) in [6.07, 6.45) is 3.73. The topological polar surface area (TPSA) is 58.6 Å². The van der Waals surface area contributed by atoms with Crippen LogP contribution in [0.1, 0.15) is 32.6 Å². The highest BCUT2D eigenvalue weighted by atomic mass is 16.5. The summed E-state index contributed by atoms with van der Waals surface area (Å²) < 4.78 is 5.49. The Morgan fingerprint density at radius 2 is 2.14 bits per heavy atom. The Balaban J connectivity index is 2.44. The van der Waals surface area contributed by atoms with Gasteiger partial charge in [0.05, 0.1) is 6.10 Å². The van der Waals surface area contributed by atoms with Gasteiger partial charge in [0.1, 0.15) is 0 Å². The zero-order valence-electron chi connectivity index (χ0n) is 8.82. The second kappa shape index (κ2) is 5.32. The number of likely N-dealkylation sites (N-methyl/N-ethyl adjacent to an activating group) is 1. The first-order chi connectivity index (χ1) is 6.65. The predicted molar refractivity (Wildman–Crippen MR) is 53.3 cm³/mol. The van der Waals surface area contributed by atoms with Gasteiger partial charge in [-0.05, 0) is 26.8 Å². The summed E-state index contributed by atoms with van der Waals surface area (Å²) in [6, 6.07) is 0.311. The van der Waals surface area contributed by atoms with Crippen LogP contribution in [0.4, 0.5) is 0 Å². The fraction of sp³-hybridized carbons (Fsp3) is 0.900. The third-order valence-corrected chi connectivity index (χ3v) is 2.80. The van der Waals surface area contributed by atoms with Gasteiger partial charge in [-0.2, -0.15) is 0 Å². The SMILES string of the molecule is CNC1CCCCC1OC(C)C(=O)O. The molecule has 0 aromatic rings. The van der Waals surface area contributed by atoms with Crippen molar-refractivity contribution < 1.29 is 14.6 Å². The van der Waals surface area contributed by atoms with Gasteiger partial charge >= 0.3 is 5.97 Å². The molecule has 0 heterocycles. The second-order valence-electron chi connectivity index (χ2n) is 3.83. The average molecular weight is 201 g/mol. The van der Waals surface area contributed by atoms with Crippen LogP contribution in [0.3, 0.4) is 0 Å². The van der Waals surface area contributed by atoms with Crippen LogP contribution in [0, 0.1) is 0 Å². The molecule has 0 bridgehead atoms. The van der Waals surface area contributed by atoms with Gasteiger partial charge in [-0.1, -0.05) is 12.8 Å². The van der Waals surface area contributed by atoms with Gasteiger partial charge < -0.3 is 15.2 Å². The molecule has 1 aliphatic rings. The van der Waals surface area contributed by atoms with E-state index in [0.29, 0.717) is 6.04 Å². The van der Waals surface area contributed by atoms with Crippen LogP contribution >= 0.6 is 0 Å². The first-order valence-electron chi connectivity index (χ1n) is 5.20. The fourth-order valence-electron chi connectivity index (χ4n) is 1.91. The Bertz CT molecular complexity index is 196. The van der Waals surface area contributed by atoms with Crippen LogP contribution < -0.4 is 5.32 Å². The third-order valence-electron chi connectivity index (χ3n) is 2.80. The third kappa shape index (κ3) is 2.96. The molecule has 0 saturated heterocycles. The molecular weight excluding hydrogens is 182 g/mol. The predicted octanol–water partition coefficient (Wildman–Crippen LogP) is 1.01. The number of carboxylic acid groups (broad SMARTS) is 1. The maximum atomic E-state index is 10.6. The largest absolute Gasteiger partial charge is 0.479 e. The van der Waals surface area contributed by atoms with Crippen LogP contribution in [-0.4, -0.2) is 36.4 Å². The van der Waals surface area contributed by atoms with E-state index in [1.165, 1.54) is 6.42 Å². The molecule has 14 heavy (non-hydrogen) atoms. The summed E-state index contributed by atoms with van der Waals surface area (Å²) >= 11 is 0. The normalized spacial score (nSPS) is 29.9. The van der Waals surface area contributed by atoms with E-state index in [0.717, 1.165) is 19.3 Å². The van der Waals surface area contributed by atoms with Crippen molar-refractivity contribution in [2.24, 2.45) is 0 Å². The summed E-state index contributed by atoms with van der Waals surface area (Å²) in [7, 11) is 1.90. The molecule has 0 aliphatic heterocycles. The van der Waals surface area contributed by atoms with Gasteiger partial charge in [-0.25, -0.2) is 4.79 Å². The molecule has 4 heteroatoms. The van der Waals surface area contributed by atoms with Crippen LogP contribution in [0.2, 0.25) is 0 Å². The molecule has 1 saturated carbocycles. The van der Waals surface area contributed by atoms with Gasteiger partial charge in [-0.15, -0.1) is 0 Å². The van der Waals surface area contributed by atoms with Crippen molar-refractivity contribution in [3.8, 4) is 0 Å². The second-order valence-corrected chi connectivity index (χ2v) is 3.83. The summed E-state index contributed by atoms with van der Waals surface area (Å²) in [5.41, 5.74) is 0. The molecule has 2 N–H and O–H groups in total. The number of carboxylic acids is 1. The minimum absolute atomic E-state index is 0.0554. The lowest BCUT2D eigenvalue weighted by Gasteiger charge is -2.32. The zero-order chi connectivity index (χ0) is 10.6. The van der Waals surface area contributed by atoms with E-state index in [1.54, 1.807) is 6.92 Å². The van der Waals surface area contributed by atoms with E-state index in [9.17, 15) is 4.79 Å². The van der Waals surface area contributed by atoms with E-state index in [1.807, 2.05) is 7.05 Å². The van der Waals surface area contributed by atoms with Crippen molar-refractivity contribution in [1.29, 1.82) is 0 Å². The summed E-state index contributed by atoms with van der Waals surface area (Å²) in [4.78, 5) is 10.6. The Morgan fingerprint density at radius 3 is 2.71 bits per heavy atom. The van der Waals surface area contributed by atoms with Crippen molar-refractivity contribution >= 4 is 5.97 Å². The minimum atomic E-state index is -0.884. The number of hydrogen-bond acceptors (Lipinski definition) is 3. The molecule has 82 valence electrons. The number of ether oxygens (including phenoxy) is 1. The molecule has 3 unspecified atom stereocenters. The van der Waals surface area contributed by atoms with Crippen LogP contribution in [0.15, 0.2) is 0 Å². The molecule has 1 rings (SSSR count). The van der Waals surface area contributed by atoms with Crippen molar-refractivity contribution in [3.05, 3.63) is 0 Å². The van der Waals surface area contributed by atoms with Gasteiger partial charge in [0.2, 0.25) is 0 Å². The highest BCUT2D eigenvalue weighted by molar-refractivity contribution is 5.71. The molecule has 0 radical (unpaired) electrons. The average Bonchev–Trinajstić information content (AvgIpc) is 2.18. The zero-order valence-corrected chi connectivity index (χ0v) is 8.82. The lowest BCUT2D eigenvalue weighted by molar-refractivity contribution is -0.154. The standard InChI is InChI=1S/C10H19NO3/c1-7(10(12)13)14-9-6-4-3-5-8(9)11-2/h7-9,11H,3-6H2,1-2H3,(H,12,13). The molecule has 1 aliphatic carbocycles. The number of rotatable bonds is 4. The molecule has 0 aromatic carbocycles. The van der Waals surface area contributed by atoms with Crippen LogP contribution in [0.5, 0.6) is 0 Å². The number of carbonyl (C=O) groups is 1. The Morgan fingerprint density at radius 1 is 1.50 bits per heavy atom. The molecule has 0 amide bonds. The molecule has 0 spiro atoms. The highest BCUT2D eigenvalue weighted by Gasteiger charge is 2.27. The van der Waals surface area contributed by atoms with Crippen molar-refractivity contribution in [2.75, 3.05) is 7.05 Å².